The van der Waals surface area contributed by atoms with Crippen LogP contribution in [-0.2, 0) is 30.4 Å². The van der Waals surface area contributed by atoms with Crippen molar-refractivity contribution in [2.75, 3.05) is 25.9 Å². The highest BCUT2D eigenvalue weighted by atomic mass is 32.1. The molecule has 14 heteroatoms. The molecule has 4 atom stereocenters. The number of thiol groups is 1. The van der Waals surface area contributed by atoms with Crippen molar-refractivity contribution in [3.05, 3.63) is 18.2 Å². The quantitative estimate of drug-likeness (QED) is 0.145. The molecule has 0 unspecified atom stereocenters. The van der Waals surface area contributed by atoms with Crippen LogP contribution in [0, 0.1) is 5.92 Å². The minimum absolute atomic E-state index is 0.0153. The maximum Gasteiger partial charge on any atom is 0.326 e. The number of hydrogen-bond acceptors (Lipinski definition) is 8. The molecule has 0 bridgehead atoms. The van der Waals surface area contributed by atoms with Crippen LogP contribution in [0.2, 0.25) is 0 Å². The third kappa shape index (κ3) is 9.22. The number of H-pyrrole nitrogens is 1. The number of aromatic amines is 1. The highest BCUT2D eigenvalue weighted by Crippen LogP contribution is 2.27. The Hall–Kier alpha value is -3.13. The summed E-state index contributed by atoms with van der Waals surface area (Å²) >= 11 is 4.19. The first-order valence-electron chi connectivity index (χ1n) is 13.9. The van der Waals surface area contributed by atoms with Gasteiger partial charge in [0.15, 0.2) is 0 Å². The lowest BCUT2D eigenvalue weighted by molar-refractivity contribution is -0.143. The van der Waals surface area contributed by atoms with E-state index in [1.54, 1.807) is 0 Å². The van der Waals surface area contributed by atoms with Gasteiger partial charge in [-0.15, -0.1) is 0 Å². The van der Waals surface area contributed by atoms with Crippen LogP contribution in [0.4, 0.5) is 0 Å². The van der Waals surface area contributed by atoms with E-state index in [-0.39, 0.29) is 30.7 Å². The van der Waals surface area contributed by atoms with Gasteiger partial charge in [0.2, 0.25) is 23.6 Å². The number of carbonyl (C=O) groups excluding carboxylic acids is 4. The normalized spacial score (nSPS) is 19.7. The summed E-state index contributed by atoms with van der Waals surface area (Å²) in [5.74, 6) is -2.88. The molecule has 2 heterocycles. The number of carboxylic acid groups (broad SMARTS) is 1. The van der Waals surface area contributed by atoms with Gasteiger partial charge in [0, 0.05) is 31.1 Å². The fourth-order valence-corrected chi connectivity index (χ4v) is 5.63. The molecule has 222 valence electrons. The number of likely N-dealkylation sites (N-methyl/N-ethyl adjacent to an activating group) is 1. The van der Waals surface area contributed by atoms with Crippen LogP contribution in [0.15, 0.2) is 12.5 Å². The number of imidazole rings is 1. The van der Waals surface area contributed by atoms with Crippen molar-refractivity contribution >= 4 is 42.2 Å². The maximum absolute atomic E-state index is 13.2. The zero-order valence-electron chi connectivity index (χ0n) is 22.9. The number of aromatic nitrogens is 2. The van der Waals surface area contributed by atoms with Crippen molar-refractivity contribution in [2.24, 2.45) is 5.92 Å². The van der Waals surface area contributed by atoms with Gasteiger partial charge in [-0.1, -0.05) is 32.1 Å². The lowest BCUT2D eigenvalue weighted by Crippen LogP contribution is -2.56. The lowest BCUT2D eigenvalue weighted by Gasteiger charge is -2.29. The average molecular weight is 580 g/mol. The third-order valence-corrected chi connectivity index (χ3v) is 7.99. The first-order chi connectivity index (χ1) is 19.2. The molecule has 0 radical (unpaired) electrons. The van der Waals surface area contributed by atoms with Crippen LogP contribution in [0.1, 0.15) is 57.1 Å². The highest BCUT2D eigenvalue weighted by molar-refractivity contribution is 7.80. The Kier molecular flexibility index (Phi) is 12.2. The van der Waals surface area contributed by atoms with Gasteiger partial charge in [0.1, 0.15) is 18.1 Å². The minimum Gasteiger partial charge on any atom is -0.480 e. The van der Waals surface area contributed by atoms with E-state index in [9.17, 15) is 29.1 Å². The second kappa shape index (κ2) is 15.6. The zero-order chi connectivity index (χ0) is 29.1. The summed E-state index contributed by atoms with van der Waals surface area (Å²) in [6.45, 7) is 0.372. The molecule has 3 rings (SSSR count). The summed E-state index contributed by atoms with van der Waals surface area (Å²) < 4.78 is 0. The van der Waals surface area contributed by atoms with Gasteiger partial charge in [-0.3, -0.25) is 19.2 Å². The van der Waals surface area contributed by atoms with E-state index in [4.69, 9.17) is 0 Å². The molecule has 1 saturated carbocycles. The number of aliphatic carboxylic acids is 1. The van der Waals surface area contributed by atoms with Crippen LogP contribution in [-0.4, -0.2) is 99.6 Å². The molecule has 0 aromatic carbocycles. The van der Waals surface area contributed by atoms with Crippen molar-refractivity contribution in [1.82, 2.24) is 36.1 Å². The monoisotopic (exact) mass is 579 g/mol. The first-order valence-corrected chi connectivity index (χ1v) is 14.5. The topological polar surface area (TPSA) is 186 Å². The Labute approximate surface area is 239 Å². The van der Waals surface area contributed by atoms with Crippen LogP contribution in [0.3, 0.4) is 0 Å². The van der Waals surface area contributed by atoms with Crippen LogP contribution >= 0.6 is 12.6 Å². The van der Waals surface area contributed by atoms with E-state index >= 15 is 0 Å². The molecule has 6 N–H and O–H groups in total. The highest BCUT2D eigenvalue weighted by Gasteiger charge is 2.32. The molecule has 1 aromatic heterocycles. The Morgan fingerprint density at radius 2 is 1.82 bits per heavy atom. The van der Waals surface area contributed by atoms with Crippen LogP contribution < -0.4 is 21.3 Å². The minimum atomic E-state index is -1.24. The molecule has 1 saturated heterocycles. The van der Waals surface area contributed by atoms with E-state index in [1.165, 1.54) is 26.0 Å². The number of hydrogen-bond donors (Lipinski definition) is 7. The Bertz CT molecular complexity index is 1010. The number of rotatable bonds is 14. The fourth-order valence-electron chi connectivity index (χ4n) is 5.22. The number of carbonyl (C=O) groups is 5. The molecule has 2 aliphatic rings. The lowest BCUT2D eigenvalue weighted by atomic mass is 9.84. The maximum atomic E-state index is 13.2. The van der Waals surface area contributed by atoms with Crippen LogP contribution in [0.25, 0.3) is 0 Å². The third-order valence-electron chi connectivity index (χ3n) is 7.65. The van der Waals surface area contributed by atoms with Gasteiger partial charge in [-0.2, -0.15) is 12.6 Å². The molecule has 0 spiro atoms. The summed E-state index contributed by atoms with van der Waals surface area (Å²) in [5, 5.41) is 20.6. The summed E-state index contributed by atoms with van der Waals surface area (Å²) in [7, 11) is 1.40. The van der Waals surface area contributed by atoms with E-state index in [0.29, 0.717) is 24.5 Å². The van der Waals surface area contributed by atoms with Gasteiger partial charge in [-0.05, 0) is 31.7 Å². The van der Waals surface area contributed by atoms with Crippen molar-refractivity contribution in [2.45, 2.75) is 82.0 Å². The molecular weight excluding hydrogens is 538 g/mol. The van der Waals surface area contributed by atoms with Gasteiger partial charge in [0.05, 0.1) is 18.9 Å². The van der Waals surface area contributed by atoms with E-state index in [0.717, 1.165) is 43.5 Å². The SMILES string of the molecule is CN(C(=O)CNC(=O)[C@H](CC1CCCCC1)NC(=O)[C@@H]1CCCN1)[C@@H](CS)C(=O)N[C@@H](Cc1cnc[nH]1)C(=O)O. The number of amides is 4. The Balaban J connectivity index is 1.57. The second-order valence-electron chi connectivity index (χ2n) is 10.6. The largest absolute Gasteiger partial charge is 0.480 e. The molecule has 4 amide bonds. The van der Waals surface area contributed by atoms with E-state index in [1.807, 2.05) is 0 Å². The van der Waals surface area contributed by atoms with Crippen molar-refractivity contribution in [3.8, 4) is 0 Å². The van der Waals surface area contributed by atoms with Gasteiger partial charge >= 0.3 is 5.97 Å². The Morgan fingerprint density at radius 1 is 1.07 bits per heavy atom. The van der Waals surface area contributed by atoms with E-state index in [2.05, 4.69) is 43.9 Å². The number of nitrogens with zero attached hydrogens (tertiary/aromatic N) is 2. The van der Waals surface area contributed by atoms with Gasteiger partial charge < -0.3 is 36.3 Å². The predicted octanol–water partition coefficient (Wildman–Crippen LogP) is -0.398. The average Bonchev–Trinajstić information content (AvgIpc) is 3.66. The molecule has 1 aromatic rings. The molecule has 1 aliphatic carbocycles. The number of carboxylic acids is 1. The standard InChI is InChI=1S/C26H41N7O6S/c1-33(21(14-40)25(37)32-20(26(38)39)11-17-12-27-15-30-17)22(34)13-29-23(35)19(10-16-6-3-2-4-7-16)31-24(36)18-8-5-9-28-18/h12,15-16,18-21,28,40H,2-11,13-14H2,1H3,(H,27,30)(H,29,35)(H,31,36)(H,32,37)(H,38,39)/t18-,19-,20-,21-/m0/s1. The van der Waals surface area contributed by atoms with Crippen molar-refractivity contribution in [3.63, 3.8) is 0 Å². The number of nitrogens with one attached hydrogen (secondary N) is 5. The predicted molar refractivity (Wildman–Crippen MR) is 149 cm³/mol. The summed E-state index contributed by atoms with van der Waals surface area (Å²) in [6.07, 6.45) is 10.3. The first kappa shape index (κ1) is 31.4. The molecule has 2 fully saturated rings. The molecule has 1 aliphatic heterocycles. The van der Waals surface area contributed by atoms with Crippen LogP contribution in [0.5, 0.6) is 0 Å². The summed E-state index contributed by atoms with van der Waals surface area (Å²) in [4.78, 5) is 71.2. The Morgan fingerprint density at radius 3 is 2.42 bits per heavy atom. The molecule has 40 heavy (non-hydrogen) atoms. The molecule has 13 nitrogen and oxygen atoms in total. The van der Waals surface area contributed by atoms with Gasteiger partial charge in [-0.25, -0.2) is 9.78 Å². The van der Waals surface area contributed by atoms with E-state index < -0.39 is 41.8 Å². The smallest absolute Gasteiger partial charge is 0.326 e. The zero-order valence-corrected chi connectivity index (χ0v) is 23.8. The van der Waals surface area contributed by atoms with Crippen molar-refractivity contribution < 1.29 is 29.1 Å². The fraction of sp³-hybridized carbons (Fsp3) is 0.692. The molecular formula is C26H41N7O6S. The van der Waals surface area contributed by atoms with Gasteiger partial charge in [0.25, 0.3) is 0 Å². The summed E-state index contributed by atoms with van der Waals surface area (Å²) in [5.41, 5.74) is 0.529. The second-order valence-corrected chi connectivity index (χ2v) is 10.9. The van der Waals surface area contributed by atoms with Crippen molar-refractivity contribution in [1.29, 1.82) is 0 Å². The summed E-state index contributed by atoms with van der Waals surface area (Å²) in [6, 6.07) is -3.40.